The van der Waals surface area contributed by atoms with Crippen molar-refractivity contribution in [1.29, 1.82) is 0 Å². The molecule has 2 amide bonds. The molecule has 160 valence electrons. The minimum Gasteiger partial charge on any atom is -0.338 e. The Morgan fingerprint density at radius 2 is 1.74 bits per heavy atom. The molecule has 0 saturated carbocycles. The molecule has 0 radical (unpaired) electrons. The molecule has 2 N–H and O–H groups in total. The largest absolute Gasteiger partial charge is 0.338 e. The lowest BCUT2D eigenvalue weighted by atomic mass is 9.91. The van der Waals surface area contributed by atoms with Gasteiger partial charge in [-0.2, -0.15) is 5.10 Å². The zero-order valence-electron chi connectivity index (χ0n) is 17.9. The van der Waals surface area contributed by atoms with E-state index in [0.717, 1.165) is 25.1 Å². The normalized spacial score (nSPS) is 18.7. The van der Waals surface area contributed by atoms with Gasteiger partial charge in [-0.05, 0) is 48.9 Å². The number of aromatic nitrogens is 2. The van der Waals surface area contributed by atoms with Crippen LogP contribution in [-0.2, 0) is 0 Å². The van der Waals surface area contributed by atoms with E-state index in [1.807, 2.05) is 17.9 Å². The lowest BCUT2D eigenvalue weighted by molar-refractivity contribution is 0.0623. The number of fused-ring (bicyclic) bond motifs is 1. The molecule has 1 aromatic heterocycles. The fraction of sp³-hybridized carbons (Fsp3) is 0.333. The van der Waals surface area contributed by atoms with Crippen LogP contribution in [0.4, 0.5) is 5.69 Å². The number of anilines is 1. The summed E-state index contributed by atoms with van der Waals surface area (Å²) in [6.45, 7) is 7.68. The second kappa shape index (κ2) is 8.34. The summed E-state index contributed by atoms with van der Waals surface area (Å²) in [6.07, 6.45) is 1.12. The summed E-state index contributed by atoms with van der Waals surface area (Å²) in [5.74, 6) is 0.468. The minimum atomic E-state index is -0.444. The Morgan fingerprint density at radius 1 is 1.06 bits per heavy atom. The number of amides is 2. The van der Waals surface area contributed by atoms with E-state index in [4.69, 9.17) is 0 Å². The van der Waals surface area contributed by atoms with Crippen LogP contribution in [0.15, 0.2) is 47.3 Å². The van der Waals surface area contributed by atoms with Crippen molar-refractivity contribution in [3.8, 4) is 0 Å². The first-order valence-electron chi connectivity index (χ1n) is 10.5. The number of nitrogens with zero attached hydrogens (tertiary/aromatic N) is 2. The molecular weight excluding hydrogens is 392 g/mol. The Kier molecular flexibility index (Phi) is 5.59. The van der Waals surface area contributed by atoms with E-state index < -0.39 is 5.91 Å². The first-order valence-corrected chi connectivity index (χ1v) is 10.5. The van der Waals surface area contributed by atoms with Gasteiger partial charge in [0, 0.05) is 29.7 Å². The van der Waals surface area contributed by atoms with Crippen LogP contribution in [0.2, 0.25) is 0 Å². The summed E-state index contributed by atoms with van der Waals surface area (Å²) in [5, 5.41) is 10.1. The van der Waals surface area contributed by atoms with Crippen LogP contribution in [-0.4, -0.2) is 40.0 Å². The number of aryl methyl sites for hydroxylation is 1. The molecule has 2 atom stereocenters. The summed E-state index contributed by atoms with van der Waals surface area (Å²) >= 11 is 0. The van der Waals surface area contributed by atoms with Crippen molar-refractivity contribution < 1.29 is 9.59 Å². The highest BCUT2D eigenvalue weighted by Crippen LogP contribution is 2.25. The average molecular weight is 418 g/mol. The maximum absolute atomic E-state index is 13.1. The number of likely N-dealkylation sites (tertiary alicyclic amines) is 1. The Balaban J connectivity index is 1.61. The van der Waals surface area contributed by atoms with Crippen LogP contribution in [0.3, 0.4) is 0 Å². The molecule has 0 spiro atoms. The number of rotatable bonds is 3. The molecule has 1 aliphatic rings. The third kappa shape index (κ3) is 4.21. The first-order chi connectivity index (χ1) is 14.8. The van der Waals surface area contributed by atoms with E-state index in [9.17, 15) is 14.4 Å². The average Bonchev–Trinajstić information content (AvgIpc) is 2.74. The molecule has 4 rings (SSSR count). The number of hydrogen-bond acceptors (Lipinski definition) is 4. The van der Waals surface area contributed by atoms with Crippen LogP contribution in [0.1, 0.15) is 46.7 Å². The summed E-state index contributed by atoms with van der Waals surface area (Å²) < 4.78 is 0. The fourth-order valence-corrected chi connectivity index (χ4v) is 4.37. The van der Waals surface area contributed by atoms with Crippen molar-refractivity contribution in [1.82, 2.24) is 15.1 Å². The Labute approximate surface area is 180 Å². The van der Waals surface area contributed by atoms with Gasteiger partial charge >= 0.3 is 0 Å². The maximum Gasteiger partial charge on any atom is 0.276 e. The smallest absolute Gasteiger partial charge is 0.276 e. The minimum absolute atomic E-state index is 0.0264. The van der Waals surface area contributed by atoms with E-state index in [2.05, 4.69) is 29.4 Å². The van der Waals surface area contributed by atoms with E-state index in [1.54, 1.807) is 36.4 Å². The van der Waals surface area contributed by atoms with Gasteiger partial charge in [-0.15, -0.1) is 0 Å². The van der Waals surface area contributed by atoms with Crippen LogP contribution in [0.5, 0.6) is 0 Å². The molecule has 31 heavy (non-hydrogen) atoms. The van der Waals surface area contributed by atoms with E-state index in [-0.39, 0.29) is 17.2 Å². The van der Waals surface area contributed by atoms with Crippen molar-refractivity contribution in [2.75, 3.05) is 18.4 Å². The van der Waals surface area contributed by atoms with Gasteiger partial charge in [0.15, 0.2) is 5.69 Å². The number of benzene rings is 2. The highest BCUT2D eigenvalue weighted by atomic mass is 16.2. The number of hydrogen-bond donors (Lipinski definition) is 2. The molecule has 7 heteroatoms. The topological polar surface area (TPSA) is 95.2 Å². The number of nitrogens with one attached hydrogen (secondary N) is 2. The molecule has 0 bridgehead atoms. The molecular formula is C24H26N4O3. The van der Waals surface area contributed by atoms with Gasteiger partial charge in [0.1, 0.15) is 0 Å². The summed E-state index contributed by atoms with van der Waals surface area (Å²) in [5.41, 5.74) is 1.71. The summed E-state index contributed by atoms with van der Waals surface area (Å²) in [6, 6.07) is 12.2. The van der Waals surface area contributed by atoms with Gasteiger partial charge in [-0.3, -0.25) is 14.4 Å². The monoisotopic (exact) mass is 418 g/mol. The molecule has 7 nitrogen and oxygen atoms in total. The number of H-pyrrole nitrogens is 1. The molecule has 2 aromatic carbocycles. The highest BCUT2D eigenvalue weighted by Gasteiger charge is 2.26. The lowest BCUT2D eigenvalue weighted by Gasteiger charge is -2.35. The van der Waals surface area contributed by atoms with E-state index >= 15 is 0 Å². The standard InChI is InChI=1S/C24H26N4O3/c1-14-10-15(2)13-28(12-14)24(31)17-9-8-16(3)20(11-17)25-23(30)21-18-6-4-5-7-19(18)22(29)27-26-21/h4-9,11,14-15H,10,12-13H2,1-3H3,(H,25,30)(H,27,29). The van der Waals surface area contributed by atoms with Crippen molar-refractivity contribution in [3.05, 3.63) is 69.6 Å². The number of carbonyl (C=O) groups is 2. The van der Waals surface area contributed by atoms with Crippen LogP contribution in [0, 0.1) is 18.8 Å². The summed E-state index contributed by atoms with van der Waals surface area (Å²) in [4.78, 5) is 39.9. The third-order valence-electron chi connectivity index (χ3n) is 5.80. The van der Waals surface area contributed by atoms with Crippen molar-refractivity contribution >= 4 is 28.3 Å². The molecule has 1 aliphatic heterocycles. The van der Waals surface area contributed by atoms with E-state index in [1.165, 1.54) is 0 Å². The highest BCUT2D eigenvalue weighted by molar-refractivity contribution is 6.11. The van der Waals surface area contributed by atoms with Crippen LogP contribution in [0.25, 0.3) is 10.8 Å². The Bertz CT molecular complexity index is 1210. The van der Waals surface area contributed by atoms with Crippen molar-refractivity contribution in [2.45, 2.75) is 27.2 Å². The van der Waals surface area contributed by atoms with Crippen molar-refractivity contribution in [3.63, 3.8) is 0 Å². The fourth-order valence-electron chi connectivity index (χ4n) is 4.37. The molecule has 3 aromatic rings. The molecule has 2 heterocycles. The predicted octanol–water partition coefficient (Wildman–Crippen LogP) is 3.60. The first kappa shape index (κ1) is 20.8. The zero-order valence-corrected chi connectivity index (χ0v) is 17.9. The van der Waals surface area contributed by atoms with Crippen molar-refractivity contribution in [2.24, 2.45) is 11.8 Å². The molecule has 2 unspecified atom stereocenters. The number of piperidine rings is 1. The quantitative estimate of drug-likeness (QED) is 0.679. The Hall–Kier alpha value is -3.48. The van der Waals surface area contributed by atoms with Gasteiger partial charge in [-0.1, -0.05) is 38.1 Å². The predicted molar refractivity (Wildman–Crippen MR) is 120 cm³/mol. The maximum atomic E-state index is 13.1. The Morgan fingerprint density at radius 3 is 2.45 bits per heavy atom. The van der Waals surface area contributed by atoms with Gasteiger partial charge in [-0.25, -0.2) is 5.10 Å². The van der Waals surface area contributed by atoms with Gasteiger partial charge < -0.3 is 10.2 Å². The third-order valence-corrected chi connectivity index (χ3v) is 5.80. The van der Waals surface area contributed by atoms with Crippen LogP contribution >= 0.6 is 0 Å². The van der Waals surface area contributed by atoms with Gasteiger partial charge in [0.2, 0.25) is 0 Å². The van der Waals surface area contributed by atoms with E-state index in [0.29, 0.717) is 33.9 Å². The molecule has 1 saturated heterocycles. The second-order valence-electron chi connectivity index (χ2n) is 8.59. The lowest BCUT2D eigenvalue weighted by Crippen LogP contribution is -2.42. The summed E-state index contributed by atoms with van der Waals surface area (Å²) in [7, 11) is 0. The molecule has 0 aliphatic carbocycles. The number of carbonyl (C=O) groups excluding carboxylic acids is 2. The molecule has 1 fully saturated rings. The van der Waals surface area contributed by atoms with Crippen LogP contribution < -0.4 is 10.9 Å². The second-order valence-corrected chi connectivity index (χ2v) is 8.59. The zero-order chi connectivity index (χ0) is 22.1. The number of aromatic amines is 1. The van der Waals surface area contributed by atoms with Gasteiger partial charge in [0.05, 0.1) is 5.39 Å². The SMILES string of the molecule is Cc1ccc(C(=O)N2CC(C)CC(C)C2)cc1NC(=O)c1n[nH]c(=O)c2ccccc12. The van der Waals surface area contributed by atoms with Gasteiger partial charge in [0.25, 0.3) is 17.4 Å².